The number of piperidine rings is 1. The third-order valence-electron chi connectivity index (χ3n) is 5.31. The first-order valence-corrected chi connectivity index (χ1v) is 11.1. The van der Waals surface area contributed by atoms with Crippen molar-refractivity contribution in [3.8, 4) is 11.5 Å². The molecule has 0 bridgehead atoms. The van der Waals surface area contributed by atoms with E-state index in [1.807, 2.05) is 16.8 Å². The highest BCUT2D eigenvalue weighted by molar-refractivity contribution is 7.08. The molecule has 1 aromatic carbocycles. The second kappa shape index (κ2) is 9.77. The molecule has 1 saturated heterocycles. The first-order valence-electron chi connectivity index (χ1n) is 10.2. The van der Waals surface area contributed by atoms with Crippen LogP contribution >= 0.6 is 11.3 Å². The summed E-state index contributed by atoms with van der Waals surface area (Å²) in [6, 6.07) is 3.96. The van der Waals surface area contributed by atoms with Crippen LogP contribution in [0.1, 0.15) is 28.0 Å². The van der Waals surface area contributed by atoms with Crippen molar-refractivity contribution >= 4 is 23.2 Å². The average Bonchev–Trinajstić information content (AvgIpc) is 3.46. The molecule has 2 aromatic heterocycles. The summed E-state index contributed by atoms with van der Waals surface area (Å²) in [6.45, 7) is 0.0576. The molecule has 2 unspecified atom stereocenters. The predicted octanol–water partition coefficient (Wildman–Crippen LogP) is 2.11. The second-order valence-corrected chi connectivity index (χ2v) is 8.51. The summed E-state index contributed by atoms with van der Waals surface area (Å²) in [7, 11) is 0. The molecule has 0 saturated carbocycles. The molecule has 174 valence electrons. The lowest BCUT2D eigenvalue weighted by Gasteiger charge is -2.32. The Kier molecular flexibility index (Phi) is 6.82. The maximum absolute atomic E-state index is 14.7. The highest BCUT2D eigenvalue weighted by atomic mass is 32.1. The van der Waals surface area contributed by atoms with Crippen LogP contribution in [-0.4, -0.2) is 57.2 Å². The van der Waals surface area contributed by atoms with Crippen molar-refractivity contribution in [1.82, 2.24) is 15.2 Å². The van der Waals surface area contributed by atoms with Crippen molar-refractivity contribution in [3.05, 3.63) is 63.7 Å². The van der Waals surface area contributed by atoms with Gasteiger partial charge >= 0.3 is 0 Å². The number of nitrogens with one attached hydrogen (secondary N) is 1. The van der Waals surface area contributed by atoms with E-state index in [1.165, 1.54) is 16.2 Å². The maximum Gasteiger partial charge on any atom is 0.275 e. The summed E-state index contributed by atoms with van der Waals surface area (Å²) < 4.78 is 34.5. The van der Waals surface area contributed by atoms with Crippen LogP contribution in [-0.2, 0) is 17.8 Å². The van der Waals surface area contributed by atoms with Crippen LogP contribution in [0.5, 0.6) is 0 Å². The average molecular weight is 477 g/mol. The third kappa shape index (κ3) is 5.27. The Balaban J connectivity index is 1.43. The van der Waals surface area contributed by atoms with Gasteiger partial charge in [0.2, 0.25) is 11.8 Å². The number of β-amino-alcohol motifs (C(OH)–C–C–N with tert-alkyl or cyclic N) is 1. The number of carbonyl (C=O) groups excluding carboxylic acids is 2. The van der Waals surface area contributed by atoms with Gasteiger partial charge in [0.1, 0.15) is 23.5 Å². The van der Waals surface area contributed by atoms with Crippen LogP contribution in [0.15, 0.2) is 39.6 Å². The summed E-state index contributed by atoms with van der Waals surface area (Å²) in [6.07, 6.45) is -0.628. The summed E-state index contributed by atoms with van der Waals surface area (Å²) in [4.78, 5) is 29.8. The molecular formula is C22H21F2N3O5S. The number of aliphatic hydroxyl groups is 2. The summed E-state index contributed by atoms with van der Waals surface area (Å²) >= 11 is 1.47. The van der Waals surface area contributed by atoms with E-state index in [2.05, 4.69) is 10.3 Å². The number of hydrogen-bond donors (Lipinski definition) is 3. The molecule has 1 aliphatic heterocycles. The van der Waals surface area contributed by atoms with E-state index in [1.54, 1.807) is 0 Å². The fraction of sp³-hybridized carbons (Fsp3) is 0.318. The highest BCUT2D eigenvalue weighted by Gasteiger charge is 2.31. The predicted molar refractivity (Wildman–Crippen MR) is 114 cm³/mol. The molecule has 8 nitrogen and oxygen atoms in total. The number of oxazole rings is 1. The number of amides is 2. The quantitative estimate of drug-likeness (QED) is 0.501. The van der Waals surface area contributed by atoms with Gasteiger partial charge in [0, 0.05) is 19.6 Å². The topological polar surface area (TPSA) is 116 Å². The molecule has 4 rings (SSSR count). The van der Waals surface area contributed by atoms with Crippen LogP contribution in [0.25, 0.3) is 11.5 Å². The second-order valence-electron chi connectivity index (χ2n) is 7.73. The van der Waals surface area contributed by atoms with E-state index in [-0.39, 0.29) is 49.6 Å². The van der Waals surface area contributed by atoms with E-state index in [4.69, 9.17) is 4.42 Å². The van der Waals surface area contributed by atoms with E-state index in [0.29, 0.717) is 0 Å². The zero-order valence-electron chi connectivity index (χ0n) is 17.3. The minimum atomic E-state index is -1.08. The Morgan fingerprint density at radius 1 is 1.21 bits per heavy atom. The van der Waals surface area contributed by atoms with Crippen LogP contribution in [0.4, 0.5) is 8.78 Å². The lowest BCUT2D eigenvalue weighted by molar-refractivity contribution is -0.120. The lowest BCUT2D eigenvalue weighted by Crippen LogP contribution is -2.49. The standard InChI is InChI=1S/C22H21F2N3O5S/c23-14-5-13(8-25-19(30)7-12-2-4-33-11-12)6-15(24)20(14)21-26-16(10-32-21)22(31)27-3-1-17(28)18(29)9-27/h2,4-6,10-11,17-18,28-29H,1,3,7-9H2,(H,25,30). The lowest BCUT2D eigenvalue weighted by atomic mass is 10.0. The number of thiophene rings is 1. The number of rotatable bonds is 6. The fourth-order valence-corrected chi connectivity index (χ4v) is 4.19. The number of halogens is 2. The van der Waals surface area contributed by atoms with Crippen LogP contribution in [0, 0.1) is 11.6 Å². The SMILES string of the molecule is O=C(Cc1ccsc1)NCc1cc(F)c(-c2nc(C(=O)N3CCC(O)C(O)C3)co2)c(F)c1. The van der Waals surface area contributed by atoms with E-state index >= 15 is 0 Å². The fourth-order valence-electron chi connectivity index (χ4n) is 3.53. The van der Waals surface area contributed by atoms with Crippen molar-refractivity contribution in [1.29, 1.82) is 0 Å². The molecule has 11 heteroatoms. The number of hydrogen-bond acceptors (Lipinski definition) is 7. The van der Waals surface area contributed by atoms with Crippen LogP contribution in [0.3, 0.4) is 0 Å². The van der Waals surface area contributed by atoms with Gasteiger partial charge in [-0.3, -0.25) is 9.59 Å². The van der Waals surface area contributed by atoms with E-state index in [9.17, 15) is 28.6 Å². The van der Waals surface area contributed by atoms with Gasteiger partial charge in [-0.05, 0) is 46.5 Å². The van der Waals surface area contributed by atoms with Gasteiger partial charge in [-0.2, -0.15) is 11.3 Å². The minimum Gasteiger partial charge on any atom is -0.443 e. The summed E-state index contributed by atoms with van der Waals surface area (Å²) in [5.74, 6) is -3.16. The van der Waals surface area contributed by atoms with Gasteiger partial charge in [0.05, 0.1) is 18.6 Å². The number of aromatic nitrogens is 1. The first-order chi connectivity index (χ1) is 15.8. The minimum absolute atomic E-state index is 0.0600. The number of nitrogens with zero attached hydrogens (tertiary/aromatic N) is 2. The highest BCUT2D eigenvalue weighted by Crippen LogP contribution is 2.27. The Morgan fingerprint density at radius 2 is 1.97 bits per heavy atom. The third-order valence-corrected chi connectivity index (χ3v) is 6.04. The zero-order valence-corrected chi connectivity index (χ0v) is 18.1. The normalized spacial score (nSPS) is 18.4. The van der Waals surface area contributed by atoms with E-state index < -0.39 is 41.2 Å². The van der Waals surface area contributed by atoms with Crippen molar-refractivity contribution < 1.29 is 33.0 Å². The molecule has 1 aliphatic rings. The molecule has 3 aromatic rings. The van der Waals surface area contributed by atoms with Gasteiger partial charge in [-0.1, -0.05) is 0 Å². The van der Waals surface area contributed by atoms with Crippen molar-refractivity contribution in [2.75, 3.05) is 13.1 Å². The molecule has 0 spiro atoms. The molecular weight excluding hydrogens is 456 g/mol. The number of benzene rings is 1. The number of carbonyl (C=O) groups is 2. The summed E-state index contributed by atoms with van der Waals surface area (Å²) in [5, 5.41) is 25.7. The molecule has 33 heavy (non-hydrogen) atoms. The number of likely N-dealkylation sites (tertiary alicyclic amines) is 1. The van der Waals surface area contributed by atoms with Gasteiger partial charge in [-0.15, -0.1) is 0 Å². The molecule has 2 amide bonds. The van der Waals surface area contributed by atoms with Crippen molar-refractivity contribution in [3.63, 3.8) is 0 Å². The van der Waals surface area contributed by atoms with Gasteiger partial charge in [0.25, 0.3) is 5.91 Å². The molecule has 3 heterocycles. The Labute approximate surface area is 191 Å². The van der Waals surface area contributed by atoms with Gasteiger partial charge < -0.3 is 24.8 Å². The zero-order chi connectivity index (χ0) is 23.5. The van der Waals surface area contributed by atoms with Gasteiger partial charge in [0.15, 0.2) is 5.69 Å². The molecule has 1 fully saturated rings. The van der Waals surface area contributed by atoms with Crippen LogP contribution in [0.2, 0.25) is 0 Å². The monoisotopic (exact) mass is 477 g/mol. The largest absolute Gasteiger partial charge is 0.443 e. The number of aliphatic hydroxyl groups excluding tert-OH is 2. The van der Waals surface area contributed by atoms with Crippen molar-refractivity contribution in [2.45, 2.75) is 31.6 Å². The molecule has 3 N–H and O–H groups in total. The maximum atomic E-state index is 14.7. The molecule has 2 atom stereocenters. The Bertz CT molecular complexity index is 1130. The Hall–Kier alpha value is -3.15. The molecule has 0 radical (unpaired) electrons. The molecule has 0 aliphatic carbocycles. The first kappa shape index (κ1) is 23.0. The van der Waals surface area contributed by atoms with Crippen LogP contribution < -0.4 is 5.32 Å². The van der Waals surface area contributed by atoms with Crippen molar-refractivity contribution in [2.24, 2.45) is 0 Å². The summed E-state index contributed by atoms with van der Waals surface area (Å²) in [5.41, 5.74) is 0.375. The Morgan fingerprint density at radius 3 is 2.64 bits per heavy atom. The van der Waals surface area contributed by atoms with E-state index in [0.717, 1.165) is 24.0 Å². The smallest absolute Gasteiger partial charge is 0.275 e. The van der Waals surface area contributed by atoms with Gasteiger partial charge in [-0.25, -0.2) is 13.8 Å².